The Morgan fingerprint density at radius 2 is 1.88 bits per heavy atom. The van der Waals surface area contributed by atoms with Crippen LogP contribution >= 0.6 is 0 Å². The van der Waals surface area contributed by atoms with Gasteiger partial charge < -0.3 is 5.32 Å². The molecular weight excluding hydrogens is 102 g/mol. The molecule has 2 nitrogen and oxygen atoms in total. The number of carbonyl (C=O) groups excluding carboxylic acids is 1. The van der Waals surface area contributed by atoms with Crippen LogP contribution in [-0.2, 0) is 4.79 Å². The zero-order valence-electron chi connectivity index (χ0n) is 5.56. The fraction of sp³-hybridized carbons (Fsp3) is 0.833. The quantitative estimate of drug-likeness (QED) is 0.578. The zero-order valence-corrected chi connectivity index (χ0v) is 5.56. The van der Waals surface area contributed by atoms with Gasteiger partial charge in [0.1, 0.15) is 0 Å². The summed E-state index contributed by atoms with van der Waals surface area (Å²) in [6.07, 6.45) is 1.84. The van der Waals surface area contributed by atoms with Crippen LogP contribution in [0.2, 0.25) is 0 Å². The maximum Gasteiger partial charge on any atom is 0.216 e. The Labute approximate surface area is 50.3 Å². The second kappa shape index (κ2) is 3.61. The molecule has 0 aliphatic rings. The molecule has 0 rings (SSSR count). The van der Waals surface area contributed by atoms with Crippen molar-refractivity contribution in [1.82, 2.24) is 5.32 Å². The van der Waals surface area contributed by atoms with Gasteiger partial charge in [0, 0.05) is 6.04 Å². The minimum atomic E-state index is -0.130. The molecule has 47 valence electrons. The molecule has 0 spiro atoms. The smallest absolute Gasteiger partial charge is 0.216 e. The van der Waals surface area contributed by atoms with E-state index in [4.69, 9.17) is 0 Å². The molecule has 0 aliphatic carbocycles. The number of hydrogen-bond donors (Lipinski definition) is 1. The molecule has 1 atom stereocenters. The van der Waals surface area contributed by atoms with E-state index in [1.54, 1.807) is 6.92 Å². The van der Waals surface area contributed by atoms with Gasteiger partial charge in [0.05, 0.1) is 6.04 Å². The van der Waals surface area contributed by atoms with E-state index in [9.17, 15) is 4.79 Å². The third kappa shape index (κ3) is 3.81. The topological polar surface area (TPSA) is 29.1 Å². The van der Waals surface area contributed by atoms with Crippen molar-refractivity contribution in [2.45, 2.75) is 32.9 Å². The molecule has 0 aliphatic heterocycles. The van der Waals surface area contributed by atoms with Crippen LogP contribution in [-0.4, -0.2) is 18.4 Å². The summed E-state index contributed by atoms with van der Waals surface area (Å²) in [4.78, 5) is 9.85. The SMILES string of the molecule is CC(C)N[C@@H](C)[C]=O. The van der Waals surface area contributed by atoms with E-state index < -0.39 is 0 Å². The summed E-state index contributed by atoms with van der Waals surface area (Å²) in [5.74, 6) is 0. The highest BCUT2D eigenvalue weighted by atomic mass is 16.1. The first-order chi connectivity index (χ1) is 3.66. The molecule has 0 aromatic rings. The zero-order chi connectivity index (χ0) is 6.57. The molecule has 0 saturated heterocycles. The first kappa shape index (κ1) is 7.63. The van der Waals surface area contributed by atoms with Crippen molar-refractivity contribution in [2.24, 2.45) is 0 Å². The van der Waals surface area contributed by atoms with Crippen LogP contribution in [0.1, 0.15) is 20.8 Å². The van der Waals surface area contributed by atoms with E-state index >= 15 is 0 Å². The molecule has 1 N–H and O–H groups in total. The molecular formula is C6H12NO. The minimum Gasteiger partial charge on any atom is -0.305 e. The second-order valence-corrected chi connectivity index (χ2v) is 2.16. The standard InChI is InChI=1S/C6H12NO/c1-5(2)7-6(3)4-8/h5-7H,1-3H3/t6-/m0/s1. The van der Waals surface area contributed by atoms with Gasteiger partial charge in [0.15, 0.2) is 0 Å². The molecule has 0 aromatic heterocycles. The maximum atomic E-state index is 9.85. The summed E-state index contributed by atoms with van der Waals surface area (Å²) in [6.45, 7) is 5.77. The van der Waals surface area contributed by atoms with Crippen LogP contribution < -0.4 is 5.32 Å². The number of rotatable bonds is 3. The lowest BCUT2D eigenvalue weighted by molar-refractivity contribution is 0.503. The minimum absolute atomic E-state index is 0.130. The third-order valence-electron chi connectivity index (χ3n) is 0.760. The van der Waals surface area contributed by atoms with Gasteiger partial charge in [0.2, 0.25) is 6.29 Å². The summed E-state index contributed by atoms with van der Waals surface area (Å²) in [5.41, 5.74) is 0. The average Bonchev–Trinajstić information content (AvgIpc) is 1.65. The summed E-state index contributed by atoms with van der Waals surface area (Å²) in [7, 11) is 0. The van der Waals surface area contributed by atoms with Crippen LogP contribution in [0, 0.1) is 0 Å². The Morgan fingerprint density at radius 1 is 1.38 bits per heavy atom. The van der Waals surface area contributed by atoms with Crippen molar-refractivity contribution in [3.8, 4) is 0 Å². The third-order valence-corrected chi connectivity index (χ3v) is 0.760. The number of hydrogen-bond acceptors (Lipinski definition) is 2. The Balaban J connectivity index is 3.23. The van der Waals surface area contributed by atoms with E-state index in [0.29, 0.717) is 6.04 Å². The van der Waals surface area contributed by atoms with Crippen molar-refractivity contribution >= 4 is 6.29 Å². The predicted molar refractivity (Wildman–Crippen MR) is 33.4 cm³/mol. The lowest BCUT2D eigenvalue weighted by atomic mass is 10.3. The highest BCUT2D eigenvalue weighted by molar-refractivity contribution is 5.57. The molecule has 1 radical (unpaired) electrons. The average molecular weight is 114 g/mol. The molecule has 2 heteroatoms. The summed E-state index contributed by atoms with van der Waals surface area (Å²) in [5, 5.41) is 2.97. The lowest BCUT2D eigenvalue weighted by Gasteiger charge is -2.08. The molecule has 0 unspecified atom stereocenters. The molecule has 0 saturated carbocycles. The number of nitrogens with one attached hydrogen (secondary N) is 1. The van der Waals surface area contributed by atoms with Crippen molar-refractivity contribution in [3.63, 3.8) is 0 Å². The van der Waals surface area contributed by atoms with Crippen molar-refractivity contribution in [3.05, 3.63) is 0 Å². The molecule has 0 heterocycles. The van der Waals surface area contributed by atoms with Crippen molar-refractivity contribution in [2.75, 3.05) is 0 Å². The monoisotopic (exact) mass is 114 g/mol. The summed E-state index contributed by atoms with van der Waals surface area (Å²) >= 11 is 0. The van der Waals surface area contributed by atoms with E-state index in [1.165, 1.54) is 0 Å². The van der Waals surface area contributed by atoms with Crippen LogP contribution in [0.5, 0.6) is 0 Å². The Kier molecular flexibility index (Phi) is 3.44. The summed E-state index contributed by atoms with van der Waals surface area (Å²) < 4.78 is 0. The fourth-order valence-corrected chi connectivity index (χ4v) is 0.534. The van der Waals surface area contributed by atoms with Gasteiger partial charge >= 0.3 is 0 Å². The highest BCUT2D eigenvalue weighted by Crippen LogP contribution is 1.79. The van der Waals surface area contributed by atoms with Crippen LogP contribution in [0.4, 0.5) is 0 Å². The van der Waals surface area contributed by atoms with E-state index in [1.807, 2.05) is 20.1 Å². The first-order valence-corrected chi connectivity index (χ1v) is 2.80. The molecule has 8 heavy (non-hydrogen) atoms. The predicted octanol–water partition coefficient (Wildman–Crippen LogP) is 0.483. The molecule has 0 fully saturated rings. The van der Waals surface area contributed by atoms with Crippen LogP contribution in [0.15, 0.2) is 0 Å². The van der Waals surface area contributed by atoms with E-state index in [0.717, 1.165) is 0 Å². The van der Waals surface area contributed by atoms with Crippen molar-refractivity contribution in [1.29, 1.82) is 0 Å². The van der Waals surface area contributed by atoms with E-state index in [-0.39, 0.29) is 6.04 Å². The highest BCUT2D eigenvalue weighted by Gasteiger charge is 1.99. The largest absolute Gasteiger partial charge is 0.305 e. The van der Waals surface area contributed by atoms with Gasteiger partial charge in [-0.05, 0) is 6.92 Å². The Morgan fingerprint density at radius 3 is 2.00 bits per heavy atom. The van der Waals surface area contributed by atoms with Gasteiger partial charge in [-0.3, -0.25) is 4.79 Å². The van der Waals surface area contributed by atoms with E-state index in [2.05, 4.69) is 5.32 Å². The maximum absolute atomic E-state index is 9.85. The Hall–Kier alpha value is -0.370. The van der Waals surface area contributed by atoms with Crippen molar-refractivity contribution < 1.29 is 4.79 Å². The first-order valence-electron chi connectivity index (χ1n) is 2.80. The summed E-state index contributed by atoms with van der Waals surface area (Å²) in [6, 6.07) is 0.237. The van der Waals surface area contributed by atoms with Gasteiger partial charge in [-0.15, -0.1) is 0 Å². The van der Waals surface area contributed by atoms with Gasteiger partial charge in [-0.1, -0.05) is 13.8 Å². The van der Waals surface area contributed by atoms with Gasteiger partial charge in [0.25, 0.3) is 0 Å². The molecule has 0 bridgehead atoms. The second-order valence-electron chi connectivity index (χ2n) is 2.16. The van der Waals surface area contributed by atoms with Crippen LogP contribution in [0.25, 0.3) is 0 Å². The Bertz CT molecular complexity index is 70.9. The fourth-order valence-electron chi connectivity index (χ4n) is 0.534. The molecule has 0 aromatic carbocycles. The molecule has 0 amide bonds. The lowest BCUT2D eigenvalue weighted by Crippen LogP contribution is -2.33. The normalized spacial score (nSPS) is 14.0. The van der Waals surface area contributed by atoms with Crippen LogP contribution in [0.3, 0.4) is 0 Å². The van der Waals surface area contributed by atoms with Gasteiger partial charge in [-0.2, -0.15) is 0 Å². The van der Waals surface area contributed by atoms with Gasteiger partial charge in [-0.25, -0.2) is 0 Å².